The van der Waals surface area contributed by atoms with Gasteiger partial charge >= 0.3 is 10.7 Å². The van der Waals surface area contributed by atoms with Gasteiger partial charge < -0.3 is 10.00 Å². The van der Waals surface area contributed by atoms with Crippen molar-refractivity contribution in [2.75, 3.05) is 0 Å². The number of halogens is 1. The third-order valence-electron chi connectivity index (χ3n) is 0.344. The van der Waals surface area contributed by atoms with E-state index in [4.69, 9.17) is 21.6 Å². The molecule has 0 amide bonds. The quantitative estimate of drug-likeness (QED) is 0.483. The first-order chi connectivity index (χ1) is 3.55. The first kappa shape index (κ1) is 7.85. The number of carboxylic acid groups (broad SMARTS) is 1. The van der Waals surface area contributed by atoms with Crippen LogP contribution in [0.1, 0.15) is 0 Å². The van der Waals surface area contributed by atoms with Gasteiger partial charge in [-0.15, -0.1) is 0 Å². The van der Waals surface area contributed by atoms with Gasteiger partial charge in [0.05, 0.1) is 0 Å². The summed E-state index contributed by atoms with van der Waals surface area (Å²) in [5, 5.41) is 7.84. The number of hydrogen-bond donors (Lipinski definition) is 2. The van der Waals surface area contributed by atoms with Crippen LogP contribution in [-0.2, 0) is 4.79 Å². The highest BCUT2D eigenvalue weighted by molar-refractivity contribution is 7.54. The van der Waals surface area contributed by atoms with Gasteiger partial charge in [0.1, 0.15) is 0 Å². The van der Waals surface area contributed by atoms with Crippen LogP contribution in [0.4, 0.5) is 0 Å². The van der Waals surface area contributed by atoms with Crippen molar-refractivity contribution in [3.63, 3.8) is 0 Å². The molecule has 0 bridgehead atoms. The van der Waals surface area contributed by atoms with E-state index in [1.165, 1.54) is 0 Å². The molecule has 0 saturated heterocycles. The third kappa shape index (κ3) is 2.23. The zero-order chi connectivity index (χ0) is 6.73. The molecule has 0 aromatic heterocycles. The van der Waals surface area contributed by atoms with Crippen molar-refractivity contribution >= 4 is 30.3 Å². The van der Waals surface area contributed by atoms with Gasteiger partial charge in [-0.05, 0) is 11.6 Å². The monoisotopic (exact) mass is 156 g/mol. The lowest BCUT2D eigenvalue weighted by atomic mass is 10.8. The number of carboxylic acids is 1. The maximum atomic E-state index is 9.74. The minimum Gasteiger partial charge on any atom is -0.602 e. The maximum absolute atomic E-state index is 9.74. The van der Waals surface area contributed by atoms with Crippen LogP contribution in [0.5, 0.6) is 0 Å². The van der Waals surface area contributed by atoms with E-state index in [9.17, 15) is 9.69 Å². The van der Waals surface area contributed by atoms with E-state index < -0.39 is 18.7 Å². The standard InChI is InChI=1S/C2H2ClO4P/c3-1(2(4)5)8(6)7/h(H,4,5)(H,6,7). The van der Waals surface area contributed by atoms with Gasteiger partial charge in [-0.1, -0.05) is 0 Å². The van der Waals surface area contributed by atoms with Crippen molar-refractivity contribution in [1.29, 1.82) is 0 Å². The summed E-state index contributed by atoms with van der Waals surface area (Å²) >= 11 is 4.73. The van der Waals surface area contributed by atoms with Crippen LogP contribution in [-0.4, -0.2) is 20.7 Å². The fraction of sp³-hybridized carbons (Fsp3) is 0. The topological polar surface area (TPSA) is 80.6 Å². The maximum Gasteiger partial charge on any atom is 0.393 e. The van der Waals surface area contributed by atoms with Gasteiger partial charge in [0.25, 0.3) is 0 Å². The van der Waals surface area contributed by atoms with E-state index in [1.807, 2.05) is 0 Å². The Balaban J connectivity index is 4.23. The summed E-state index contributed by atoms with van der Waals surface area (Å²) in [6.45, 7) is 0. The van der Waals surface area contributed by atoms with Gasteiger partial charge in [0.2, 0.25) is 8.00 Å². The van der Waals surface area contributed by atoms with E-state index in [-0.39, 0.29) is 0 Å². The van der Waals surface area contributed by atoms with Gasteiger partial charge in [-0.25, -0.2) is 4.79 Å². The Kier molecular flexibility index (Phi) is 2.94. The zero-order valence-corrected chi connectivity index (χ0v) is 5.19. The number of hydrogen-bond acceptors (Lipinski definition) is 3. The fourth-order valence-electron chi connectivity index (χ4n) is 0.0818. The Bertz CT molecular complexity index is 137. The largest absolute Gasteiger partial charge is 0.602 e. The lowest BCUT2D eigenvalue weighted by molar-refractivity contribution is -0.167. The molecule has 0 saturated carbocycles. The molecule has 0 aliphatic carbocycles. The lowest BCUT2D eigenvalue weighted by Crippen LogP contribution is -2.07. The fourth-order valence-corrected chi connectivity index (χ4v) is 0.245. The molecule has 0 aliphatic heterocycles. The Morgan fingerprint density at radius 1 is 1.75 bits per heavy atom. The van der Waals surface area contributed by atoms with E-state index in [2.05, 4.69) is 0 Å². The summed E-state index contributed by atoms with van der Waals surface area (Å²) in [5.41, 5.74) is 0. The predicted molar refractivity (Wildman–Crippen MR) is 27.6 cm³/mol. The van der Waals surface area contributed by atoms with E-state index >= 15 is 0 Å². The average Bonchev–Trinajstić information content (AvgIpc) is 1.64. The Hall–Kier alpha value is -0.150. The van der Waals surface area contributed by atoms with Crippen LogP contribution in [0.3, 0.4) is 0 Å². The lowest BCUT2D eigenvalue weighted by Gasteiger charge is -1.83. The van der Waals surface area contributed by atoms with Crippen LogP contribution in [0.25, 0.3) is 0 Å². The number of carbonyl (C=O) groups is 1. The minimum atomic E-state index is -2.87. The minimum absolute atomic E-state index is 0.944. The summed E-state index contributed by atoms with van der Waals surface area (Å²) in [6.07, 6.45) is 0. The van der Waals surface area contributed by atoms with Crippen molar-refractivity contribution in [3.8, 4) is 0 Å². The first-order valence-electron chi connectivity index (χ1n) is 1.47. The highest BCUT2D eigenvalue weighted by Gasteiger charge is 2.13. The highest BCUT2D eigenvalue weighted by Crippen LogP contribution is 2.08. The van der Waals surface area contributed by atoms with Gasteiger partial charge in [-0.2, -0.15) is 4.89 Å². The first-order valence-corrected chi connectivity index (χ1v) is 3.06. The molecule has 1 atom stereocenters. The molecule has 0 radical (unpaired) electrons. The molecule has 0 rings (SSSR count). The summed E-state index contributed by atoms with van der Waals surface area (Å²) in [4.78, 5) is 27.3. The third-order valence-corrected chi connectivity index (χ3v) is 1.47. The molecule has 8 heavy (non-hydrogen) atoms. The predicted octanol–water partition coefficient (Wildman–Crippen LogP) is -0.896. The molecule has 2 N–H and O–H groups in total. The zero-order valence-electron chi connectivity index (χ0n) is 3.54. The molecular formula is C2H2ClO4P. The second-order valence-corrected chi connectivity index (χ2v) is 2.50. The molecule has 0 heterocycles. The molecule has 0 aromatic rings. The molecule has 0 fully saturated rings. The van der Waals surface area contributed by atoms with Crippen LogP contribution in [0.2, 0.25) is 0 Å². The second kappa shape index (κ2) is 2.99. The molecule has 46 valence electrons. The van der Waals surface area contributed by atoms with E-state index in [0.29, 0.717) is 0 Å². The average molecular weight is 156 g/mol. The molecule has 4 nitrogen and oxygen atoms in total. The SMILES string of the molecule is O=C(O)C(Cl)=[P+]([O-])O. The Morgan fingerprint density at radius 3 is 2.12 bits per heavy atom. The summed E-state index contributed by atoms with van der Waals surface area (Å²) < 4.78 is -0.944. The summed E-state index contributed by atoms with van der Waals surface area (Å²) in [6, 6.07) is 0. The van der Waals surface area contributed by atoms with Crippen LogP contribution < -0.4 is 4.89 Å². The summed E-state index contributed by atoms with van der Waals surface area (Å²) in [7, 11) is -2.87. The molecule has 1 unspecified atom stereocenters. The molecule has 0 aliphatic rings. The molecular weight excluding hydrogens is 154 g/mol. The number of rotatable bonds is 1. The van der Waals surface area contributed by atoms with Crippen molar-refractivity contribution < 1.29 is 19.7 Å². The molecule has 0 spiro atoms. The van der Waals surface area contributed by atoms with Gasteiger partial charge in [-0.3, -0.25) is 0 Å². The van der Waals surface area contributed by atoms with Crippen LogP contribution >= 0.6 is 19.6 Å². The normalized spacial score (nSPS) is 12.9. The second-order valence-electron chi connectivity index (χ2n) is 0.869. The van der Waals surface area contributed by atoms with Crippen molar-refractivity contribution in [3.05, 3.63) is 0 Å². The van der Waals surface area contributed by atoms with Gasteiger partial charge in [0, 0.05) is 0 Å². The Morgan fingerprint density at radius 2 is 2.12 bits per heavy atom. The van der Waals surface area contributed by atoms with E-state index in [1.54, 1.807) is 0 Å². The van der Waals surface area contributed by atoms with Gasteiger partial charge in [0.15, 0.2) is 0 Å². The summed E-state index contributed by atoms with van der Waals surface area (Å²) in [5.74, 6) is -1.56. The molecule has 6 heteroatoms. The van der Waals surface area contributed by atoms with Crippen LogP contribution in [0.15, 0.2) is 0 Å². The smallest absolute Gasteiger partial charge is 0.393 e. The van der Waals surface area contributed by atoms with Crippen molar-refractivity contribution in [1.82, 2.24) is 0 Å². The Labute approximate surface area is 50.9 Å². The van der Waals surface area contributed by atoms with Crippen molar-refractivity contribution in [2.45, 2.75) is 0 Å². The van der Waals surface area contributed by atoms with E-state index in [0.717, 1.165) is 0 Å². The van der Waals surface area contributed by atoms with Crippen LogP contribution in [0, 0.1) is 0 Å². The number of aliphatic carboxylic acids is 1. The molecule has 0 aromatic carbocycles. The van der Waals surface area contributed by atoms with Crippen molar-refractivity contribution in [2.24, 2.45) is 0 Å². The highest BCUT2D eigenvalue weighted by atomic mass is 35.5.